The first-order valence-corrected chi connectivity index (χ1v) is 16.2. The van der Waals surface area contributed by atoms with Crippen LogP contribution in [-0.4, -0.2) is 20.7 Å². The zero-order chi connectivity index (χ0) is 35.9. The maximum atomic E-state index is 13.1. The molecule has 0 fully saturated rings. The zero-order valence-electron chi connectivity index (χ0n) is 29.5. The third kappa shape index (κ3) is 8.69. The van der Waals surface area contributed by atoms with Gasteiger partial charge in [0.1, 0.15) is 5.76 Å². The summed E-state index contributed by atoms with van der Waals surface area (Å²) in [7, 11) is 0. The number of carbonyl (C=O) groups excluding carboxylic acids is 1. The number of halogens is 3. The second kappa shape index (κ2) is 14.5. The van der Waals surface area contributed by atoms with Gasteiger partial charge in [0.25, 0.3) is 0 Å². The minimum Gasteiger partial charge on any atom is -0.511 e. The molecular formula is C43H42F3IrNO2. The number of benzene rings is 5. The van der Waals surface area contributed by atoms with Crippen molar-refractivity contribution in [3.8, 4) is 22.4 Å². The van der Waals surface area contributed by atoms with Gasteiger partial charge < -0.3 is 10.1 Å². The molecule has 3 nitrogen and oxygen atoms in total. The van der Waals surface area contributed by atoms with E-state index in [4.69, 9.17) is 0 Å². The average molecular weight is 854 g/mol. The van der Waals surface area contributed by atoms with E-state index < -0.39 is 11.7 Å². The summed E-state index contributed by atoms with van der Waals surface area (Å²) in [6.07, 6.45) is -1.06. The van der Waals surface area contributed by atoms with Gasteiger partial charge in [-0.2, -0.15) is 13.2 Å². The van der Waals surface area contributed by atoms with Crippen molar-refractivity contribution in [3.63, 3.8) is 0 Å². The molecule has 0 aliphatic rings. The Hall–Kier alpha value is -4.32. The maximum Gasteiger partial charge on any atom is 0.416 e. The molecule has 1 radical (unpaired) electrons. The van der Waals surface area contributed by atoms with Crippen LogP contribution >= 0.6 is 0 Å². The second-order valence-electron chi connectivity index (χ2n) is 14.7. The SMILES string of the molecule is CC(C)(C)C(=[OH+])/C=C(\O)C(C)(C)C.Cc1[c-]c(-c2nccc3c2ccc2cc(-c4ccc5cc(C(F)(F)F)ccc5c4)ccc23)cc(C)c1.[Ir]. The van der Waals surface area contributed by atoms with E-state index in [1.54, 1.807) is 6.07 Å². The van der Waals surface area contributed by atoms with Gasteiger partial charge in [-0.15, -0.1) is 34.9 Å². The maximum absolute atomic E-state index is 13.1. The van der Waals surface area contributed by atoms with Gasteiger partial charge in [0.15, 0.2) is 0 Å². The van der Waals surface area contributed by atoms with Gasteiger partial charge >= 0.3 is 12.0 Å². The van der Waals surface area contributed by atoms with Crippen molar-refractivity contribution >= 4 is 38.1 Å². The van der Waals surface area contributed by atoms with Gasteiger partial charge in [0, 0.05) is 31.7 Å². The third-order valence-electron chi connectivity index (χ3n) is 8.48. The predicted molar refractivity (Wildman–Crippen MR) is 198 cm³/mol. The first-order chi connectivity index (χ1) is 22.8. The van der Waals surface area contributed by atoms with E-state index in [9.17, 15) is 23.1 Å². The van der Waals surface area contributed by atoms with E-state index in [1.165, 1.54) is 23.8 Å². The number of allylic oxidation sites excluding steroid dienone is 2. The van der Waals surface area contributed by atoms with E-state index in [1.807, 2.05) is 72.9 Å². The monoisotopic (exact) mass is 854 g/mol. The topological polar surface area (TPSA) is 54.5 Å². The van der Waals surface area contributed by atoms with Crippen LogP contribution in [0.25, 0.3) is 54.7 Å². The smallest absolute Gasteiger partial charge is 0.416 e. The van der Waals surface area contributed by atoms with Crippen LogP contribution in [0.3, 0.4) is 0 Å². The largest absolute Gasteiger partial charge is 0.511 e. The molecule has 50 heavy (non-hydrogen) atoms. The van der Waals surface area contributed by atoms with Crippen LogP contribution in [0.15, 0.2) is 103 Å². The summed E-state index contributed by atoms with van der Waals surface area (Å²) in [6, 6.07) is 29.6. The zero-order valence-corrected chi connectivity index (χ0v) is 31.9. The second-order valence-corrected chi connectivity index (χ2v) is 14.7. The van der Waals surface area contributed by atoms with Crippen molar-refractivity contribution in [2.75, 3.05) is 0 Å². The van der Waals surface area contributed by atoms with E-state index >= 15 is 0 Å². The summed E-state index contributed by atoms with van der Waals surface area (Å²) in [6.45, 7) is 15.5. The molecule has 0 unspecified atom stereocenters. The molecule has 0 saturated carbocycles. The Morgan fingerprint density at radius 2 is 1.28 bits per heavy atom. The molecule has 7 heteroatoms. The van der Waals surface area contributed by atoms with Crippen molar-refractivity contribution in [2.45, 2.75) is 61.6 Å². The fraction of sp³-hybridized carbons (Fsp3) is 0.256. The molecular weight excluding hydrogens is 812 g/mol. The first kappa shape index (κ1) is 38.5. The molecule has 1 heterocycles. The van der Waals surface area contributed by atoms with Crippen LogP contribution in [0.5, 0.6) is 0 Å². The van der Waals surface area contributed by atoms with E-state index in [2.05, 4.69) is 60.4 Å². The fourth-order valence-corrected chi connectivity index (χ4v) is 5.58. The summed E-state index contributed by atoms with van der Waals surface area (Å²) < 4.78 is 39.2. The number of rotatable bonds is 3. The van der Waals surface area contributed by atoms with Crippen molar-refractivity contribution in [1.82, 2.24) is 4.98 Å². The molecule has 261 valence electrons. The van der Waals surface area contributed by atoms with E-state index in [0.717, 1.165) is 60.9 Å². The summed E-state index contributed by atoms with van der Waals surface area (Å²) in [5.41, 5.74) is 4.89. The number of pyridine rings is 1. The minimum atomic E-state index is -4.35. The first-order valence-electron chi connectivity index (χ1n) is 16.2. The van der Waals surface area contributed by atoms with Crippen LogP contribution in [0, 0.1) is 30.7 Å². The number of aliphatic hydroxyl groups is 1. The van der Waals surface area contributed by atoms with Crippen LogP contribution in [-0.2, 0) is 26.3 Å². The van der Waals surface area contributed by atoms with Crippen LogP contribution < -0.4 is 0 Å². The van der Waals surface area contributed by atoms with Gasteiger partial charge in [0.05, 0.1) is 17.1 Å². The number of alkyl halides is 3. The Kier molecular flexibility index (Phi) is 11.2. The number of aliphatic hydroxyl groups excluding tert-OH is 1. The summed E-state index contributed by atoms with van der Waals surface area (Å²) in [5.74, 6) is 0.417. The van der Waals surface area contributed by atoms with Crippen molar-refractivity contribution in [1.29, 1.82) is 0 Å². The van der Waals surface area contributed by atoms with Gasteiger partial charge in [-0.25, -0.2) is 0 Å². The average Bonchev–Trinajstić information content (AvgIpc) is 3.02. The van der Waals surface area contributed by atoms with E-state index in [-0.39, 0.29) is 42.5 Å². The molecule has 1 aromatic heterocycles. The Balaban J connectivity index is 0.000000345. The molecule has 5 aromatic carbocycles. The number of aromatic nitrogens is 1. The van der Waals surface area contributed by atoms with Gasteiger partial charge in [-0.05, 0) is 100 Å². The van der Waals surface area contributed by atoms with Gasteiger partial charge in [-0.1, -0.05) is 77.1 Å². The van der Waals surface area contributed by atoms with Crippen LogP contribution in [0.1, 0.15) is 58.2 Å². The molecule has 0 aliphatic heterocycles. The normalized spacial score (nSPS) is 12.4. The Morgan fingerprint density at radius 3 is 1.90 bits per heavy atom. The molecule has 2 N–H and O–H groups in total. The number of ketones is 1. The molecule has 0 amide bonds. The Bertz CT molecular complexity index is 2220. The van der Waals surface area contributed by atoms with Crippen molar-refractivity contribution in [3.05, 3.63) is 126 Å². The Morgan fingerprint density at radius 1 is 0.700 bits per heavy atom. The minimum absolute atomic E-state index is 0. The molecule has 0 saturated heterocycles. The van der Waals surface area contributed by atoms with Gasteiger partial charge in [0.2, 0.25) is 0 Å². The molecule has 0 aliphatic carbocycles. The number of fused-ring (bicyclic) bond motifs is 4. The summed E-state index contributed by atoms with van der Waals surface area (Å²) >= 11 is 0. The number of hydrogen-bond donors (Lipinski definition) is 1. The van der Waals surface area contributed by atoms with Crippen LogP contribution in [0.2, 0.25) is 0 Å². The standard InChI is InChI=1S/C32H21F3N.C11H20O2.Ir/c1-19-13-20(2)15-26(14-19)31-30-10-7-25-17-23(6-9-28(25)29(30)11-12-36-31)21-3-4-24-18-27(32(33,34)35)8-5-22(24)16-21;1-10(2,3)8(12)7-9(13)11(4,5)6;/h3-14,16-18H,1-2H3;7,12H,1-6H3;/q-1;;/p+1/b;8-7-;. The third-order valence-corrected chi connectivity index (χ3v) is 8.48. The van der Waals surface area contributed by atoms with Gasteiger partial charge in [-0.3, -0.25) is 4.79 Å². The molecule has 0 atom stereocenters. The molecule has 6 rings (SSSR count). The number of hydrogen-bond acceptors (Lipinski definition) is 2. The van der Waals surface area contributed by atoms with Crippen molar-refractivity contribution < 1.29 is 43.2 Å². The van der Waals surface area contributed by atoms with Crippen molar-refractivity contribution in [2.24, 2.45) is 10.8 Å². The quantitative estimate of drug-likeness (QED) is 0.0634. The Labute approximate surface area is 305 Å². The van der Waals surface area contributed by atoms with Crippen LogP contribution in [0.4, 0.5) is 13.2 Å². The molecule has 0 bridgehead atoms. The molecule has 0 spiro atoms. The summed E-state index contributed by atoms with van der Waals surface area (Å²) in [4.78, 5) is 14.3. The molecule has 6 aromatic rings. The fourth-order valence-electron chi connectivity index (χ4n) is 5.58. The summed E-state index contributed by atoms with van der Waals surface area (Å²) in [5, 5.41) is 15.4. The van der Waals surface area contributed by atoms with E-state index in [0.29, 0.717) is 5.39 Å². The predicted octanol–water partition coefficient (Wildman–Crippen LogP) is 12.4. The number of aryl methyl sites for hydroxylation is 2. The number of nitrogens with zero attached hydrogens (tertiary/aromatic N) is 1.